The van der Waals surface area contributed by atoms with Crippen molar-refractivity contribution in [3.05, 3.63) is 70.5 Å². The van der Waals surface area contributed by atoms with Crippen LogP contribution in [0.25, 0.3) is 39.7 Å². The fourth-order valence-electron chi connectivity index (χ4n) is 3.34. The Kier molecular flexibility index (Phi) is 5.41. The van der Waals surface area contributed by atoms with Crippen LogP contribution in [0.4, 0.5) is 13.2 Å². The molecule has 2 aromatic carbocycles. The highest BCUT2D eigenvalue weighted by Gasteiger charge is 2.36. The van der Waals surface area contributed by atoms with Gasteiger partial charge in [-0.25, -0.2) is 9.50 Å². The van der Waals surface area contributed by atoms with Gasteiger partial charge in [-0.3, -0.25) is 0 Å². The standard InChI is InChI=1S/C22H12Cl2F3N5O2/c1-33-13-5-2-11(3-6-13)17-9-18(22(25,26)27)32-20(29-17)15(10-28-32)21-30-19(31-34-21)14-7-4-12(23)8-16(14)24/h2-10H,1H3. The summed E-state index contributed by atoms with van der Waals surface area (Å²) >= 11 is 12.1. The monoisotopic (exact) mass is 505 g/mol. The quantitative estimate of drug-likeness (QED) is 0.279. The summed E-state index contributed by atoms with van der Waals surface area (Å²) in [7, 11) is 1.50. The van der Waals surface area contributed by atoms with Crippen LogP contribution in [-0.2, 0) is 6.18 Å². The van der Waals surface area contributed by atoms with Crippen molar-refractivity contribution < 1.29 is 22.4 Å². The average molecular weight is 506 g/mol. The van der Waals surface area contributed by atoms with Gasteiger partial charge in [0.1, 0.15) is 11.3 Å². The zero-order valence-corrected chi connectivity index (χ0v) is 18.7. The van der Waals surface area contributed by atoms with Crippen molar-refractivity contribution in [2.24, 2.45) is 0 Å². The number of halogens is 5. The van der Waals surface area contributed by atoms with E-state index in [-0.39, 0.29) is 28.6 Å². The van der Waals surface area contributed by atoms with E-state index in [9.17, 15) is 13.2 Å². The molecule has 0 fully saturated rings. The van der Waals surface area contributed by atoms with Crippen LogP contribution in [0, 0.1) is 0 Å². The molecular formula is C22H12Cl2F3N5O2. The van der Waals surface area contributed by atoms with E-state index in [0.717, 1.165) is 6.07 Å². The first-order valence-corrected chi connectivity index (χ1v) is 10.4. The molecule has 12 heteroatoms. The Bertz CT molecular complexity index is 1510. The Morgan fingerprint density at radius 3 is 2.41 bits per heavy atom. The molecule has 34 heavy (non-hydrogen) atoms. The maximum Gasteiger partial charge on any atom is 0.433 e. The summed E-state index contributed by atoms with van der Waals surface area (Å²) in [5.41, 5.74) is 0.0167. The number of alkyl halides is 3. The van der Waals surface area contributed by atoms with Crippen molar-refractivity contribution in [1.29, 1.82) is 0 Å². The zero-order valence-electron chi connectivity index (χ0n) is 17.1. The second-order valence-corrected chi connectivity index (χ2v) is 7.94. The van der Waals surface area contributed by atoms with E-state index in [1.54, 1.807) is 36.4 Å². The van der Waals surface area contributed by atoms with Gasteiger partial charge in [-0.2, -0.15) is 23.3 Å². The Morgan fingerprint density at radius 2 is 1.74 bits per heavy atom. The molecule has 3 aromatic heterocycles. The highest BCUT2D eigenvalue weighted by atomic mass is 35.5. The van der Waals surface area contributed by atoms with Gasteiger partial charge in [-0.05, 0) is 48.5 Å². The van der Waals surface area contributed by atoms with Gasteiger partial charge in [-0.15, -0.1) is 0 Å². The third-order valence-electron chi connectivity index (χ3n) is 4.98. The maximum atomic E-state index is 13.9. The third-order valence-corrected chi connectivity index (χ3v) is 5.52. The Labute approximate surface area is 199 Å². The highest BCUT2D eigenvalue weighted by molar-refractivity contribution is 6.36. The SMILES string of the molecule is COc1ccc(-c2cc(C(F)(F)F)n3ncc(-c4nc(-c5ccc(Cl)cc5Cl)no4)c3n2)cc1. The van der Waals surface area contributed by atoms with Gasteiger partial charge in [0.25, 0.3) is 5.89 Å². The van der Waals surface area contributed by atoms with E-state index >= 15 is 0 Å². The van der Waals surface area contributed by atoms with Crippen molar-refractivity contribution >= 4 is 28.8 Å². The van der Waals surface area contributed by atoms with Crippen LogP contribution in [-0.4, -0.2) is 31.8 Å². The first-order chi connectivity index (χ1) is 16.2. The van der Waals surface area contributed by atoms with E-state index in [1.165, 1.54) is 19.4 Å². The largest absolute Gasteiger partial charge is 0.497 e. The molecule has 5 rings (SSSR count). The van der Waals surface area contributed by atoms with Crippen LogP contribution in [0.2, 0.25) is 10.0 Å². The fourth-order valence-corrected chi connectivity index (χ4v) is 3.83. The average Bonchev–Trinajstić information content (AvgIpc) is 3.45. The van der Waals surface area contributed by atoms with Crippen LogP contribution in [0.15, 0.2) is 59.3 Å². The lowest BCUT2D eigenvalue weighted by atomic mass is 10.1. The lowest BCUT2D eigenvalue weighted by molar-refractivity contribution is -0.142. The third kappa shape index (κ3) is 3.95. The van der Waals surface area contributed by atoms with Gasteiger partial charge in [0, 0.05) is 16.1 Å². The molecule has 0 aliphatic heterocycles. The van der Waals surface area contributed by atoms with Gasteiger partial charge in [-0.1, -0.05) is 28.4 Å². The van der Waals surface area contributed by atoms with Gasteiger partial charge in [0.2, 0.25) is 5.82 Å². The van der Waals surface area contributed by atoms with Crippen molar-refractivity contribution in [2.75, 3.05) is 7.11 Å². The predicted octanol–water partition coefficient (Wildman–Crippen LogP) is 6.45. The van der Waals surface area contributed by atoms with Crippen molar-refractivity contribution in [1.82, 2.24) is 24.7 Å². The molecule has 0 atom stereocenters. The van der Waals surface area contributed by atoms with E-state index in [1.807, 2.05) is 0 Å². The molecular weight excluding hydrogens is 494 g/mol. The molecule has 0 unspecified atom stereocenters. The van der Waals surface area contributed by atoms with Crippen LogP contribution >= 0.6 is 23.2 Å². The summed E-state index contributed by atoms with van der Waals surface area (Å²) in [6.45, 7) is 0. The summed E-state index contributed by atoms with van der Waals surface area (Å²) < 4.78 is 52.7. The second kappa shape index (κ2) is 8.30. The summed E-state index contributed by atoms with van der Waals surface area (Å²) in [5, 5.41) is 8.49. The Balaban J connectivity index is 1.66. The topological polar surface area (TPSA) is 78.3 Å². The minimum absolute atomic E-state index is 0.0662. The lowest BCUT2D eigenvalue weighted by Gasteiger charge is -2.11. The molecule has 172 valence electrons. The highest BCUT2D eigenvalue weighted by Crippen LogP contribution is 2.36. The molecule has 0 bridgehead atoms. The fraction of sp³-hybridized carbons (Fsp3) is 0.0909. The summed E-state index contributed by atoms with van der Waals surface area (Å²) in [6, 6.07) is 12.1. The van der Waals surface area contributed by atoms with E-state index in [4.69, 9.17) is 32.5 Å². The van der Waals surface area contributed by atoms with E-state index < -0.39 is 11.9 Å². The van der Waals surface area contributed by atoms with Gasteiger partial charge in [0.05, 0.1) is 24.0 Å². The number of methoxy groups -OCH3 is 1. The predicted molar refractivity (Wildman–Crippen MR) is 119 cm³/mol. The molecule has 0 radical (unpaired) electrons. The van der Waals surface area contributed by atoms with Crippen LogP contribution in [0.3, 0.4) is 0 Å². The maximum absolute atomic E-state index is 13.9. The van der Waals surface area contributed by atoms with Crippen LogP contribution in [0.5, 0.6) is 5.75 Å². The first-order valence-electron chi connectivity index (χ1n) is 9.64. The number of hydrogen-bond donors (Lipinski definition) is 0. The molecule has 0 aliphatic rings. The lowest BCUT2D eigenvalue weighted by Crippen LogP contribution is -2.13. The normalized spacial score (nSPS) is 11.8. The van der Waals surface area contributed by atoms with Crippen molar-refractivity contribution in [2.45, 2.75) is 6.18 Å². The van der Waals surface area contributed by atoms with E-state index in [0.29, 0.717) is 31.4 Å². The Morgan fingerprint density at radius 1 is 0.971 bits per heavy atom. The molecule has 0 spiro atoms. The molecule has 0 aliphatic carbocycles. The minimum Gasteiger partial charge on any atom is -0.497 e. The second-order valence-electron chi connectivity index (χ2n) is 7.09. The first kappa shape index (κ1) is 22.2. The van der Waals surface area contributed by atoms with Crippen molar-refractivity contribution in [3.8, 4) is 39.8 Å². The minimum atomic E-state index is -4.69. The smallest absolute Gasteiger partial charge is 0.433 e. The van der Waals surface area contributed by atoms with Crippen LogP contribution < -0.4 is 4.74 Å². The molecule has 5 aromatic rings. The number of ether oxygens (including phenoxy) is 1. The number of aromatic nitrogens is 5. The molecule has 0 saturated carbocycles. The summed E-state index contributed by atoms with van der Waals surface area (Å²) in [5.74, 6) is 0.632. The van der Waals surface area contributed by atoms with Gasteiger partial charge in [0.15, 0.2) is 11.3 Å². The molecule has 7 nitrogen and oxygen atoms in total. The number of rotatable bonds is 4. The number of fused-ring (bicyclic) bond motifs is 1. The van der Waals surface area contributed by atoms with Crippen LogP contribution in [0.1, 0.15) is 5.69 Å². The molecule has 3 heterocycles. The summed E-state index contributed by atoms with van der Waals surface area (Å²) in [4.78, 5) is 8.70. The van der Waals surface area contributed by atoms with Crippen molar-refractivity contribution in [3.63, 3.8) is 0 Å². The number of nitrogens with zero attached hydrogens (tertiary/aromatic N) is 5. The summed E-state index contributed by atoms with van der Waals surface area (Å²) in [6.07, 6.45) is -3.50. The number of benzene rings is 2. The van der Waals surface area contributed by atoms with Gasteiger partial charge >= 0.3 is 6.18 Å². The Hall–Kier alpha value is -3.63. The number of hydrogen-bond acceptors (Lipinski definition) is 6. The van der Waals surface area contributed by atoms with E-state index in [2.05, 4.69) is 20.2 Å². The van der Waals surface area contributed by atoms with Gasteiger partial charge < -0.3 is 9.26 Å². The molecule has 0 amide bonds. The zero-order chi connectivity index (χ0) is 24.0. The molecule has 0 N–H and O–H groups in total. The molecule has 0 saturated heterocycles.